The van der Waals surface area contributed by atoms with Crippen LogP contribution in [0.25, 0.3) is 33.2 Å². The molecule has 0 fully saturated rings. The summed E-state index contributed by atoms with van der Waals surface area (Å²) in [4.78, 5) is 27.3. The van der Waals surface area contributed by atoms with Crippen LogP contribution in [0.2, 0.25) is 0 Å². The number of nitrogens with one attached hydrogen (secondary N) is 1. The summed E-state index contributed by atoms with van der Waals surface area (Å²) in [6.45, 7) is 0. The number of fused-ring (bicyclic) bond motifs is 2. The average Bonchev–Trinajstić information content (AvgIpc) is 2.91. The highest BCUT2D eigenvalue weighted by atomic mass is 16.5. The molecule has 1 N–H and O–H groups in total. The lowest BCUT2D eigenvalue weighted by atomic mass is 10.1. The van der Waals surface area contributed by atoms with Crippen molar-refractivity contribution in [2.24, 2.45) is 7.05 Å². The van der Waals surface area contributed by atoms with Crippen LogP contribution in [0, 0.1) is 0 Å². The summed E-state index contributed by atoms with van der Waals surface area (Å²) >= 11 is 0. The second-order valence-electron chi connectivity index (χ2n) is 5.19. The van der Waals surface area contributed by atoms with Gasteiger partial charge in [-0.1, -0.05) is 0 Å². The Hall–Kier alpha value is -3.22. The van der Waals surface area contributed by atoms with Crippen molar-refractivity contribution >= 4 is 21.9 Å². The normalized spacial score (nSPS) is 11.2. The van der Waals surface area contributed by atoms with Crippen molar-refractivity contribution in [2.45, 2.75) is 0 Å². The first-order valence-electron chi connectivity index (χ1n) is 7.01. The second-order valence-corrected chi connectivity index (χ2v) is 5.19. The molecule has 0 aliphatic heterocycles. The van der Waals surface area contributed by atoms with Crippen LogP contribution in [0.4, 0.5) is 0 Å². The first kappa shape index (κ1) is 13.4. The number of methoxy groups -OCH3 is 1. The Morgan fingerprint density at radius 3 is 2.96 bits per heavy atom. The van der Waals surface area contributed by atoms with Gasteiger partial charge in [0.1, 0.15) is 0 Å². The van der Waals surface area contributed by atoms with E-state index in [9.17, 15) is 4.79 Å². The standard InChI is InChI=1S/C16H13N5O2/c1-21-7-10(9-5-14(23-2)17-6-13(9)21)11-3-4-12-15(20-11)16(22)19-8-18-12/h3-8H,1-2H3,(H,18,19,22). The van der Waals surface area contributed by atoms with Crippen molar-refractivity contribution in [1.29, 1.82) is 0 Å². The predicted octanol–water partition coefficient (Wildman–Crippen LogP) is 1.88. The molecule has 4 aromatic heterocycles. The third-order valence-corrected chi connectivity index (χ3v) is 3.82. The third-order valence-electron chi connectivity index (χ3n) is 3.82. The van der Waals surface area contributed by atoms with E-state index in [2.05, 4.69) is 19.9 Å². The maximum Gasteiger partial charge on any atom is 0.277 e. The van der Waals surface area contributed by atoms with E-state index in [1.54, 1.807) is 19.4 Å². The summed E-state index contributed by atoms with van der Waals surface area (Å²) in [5, 5.41) is 0.964. The fourth-order valence-electron chi connectivity index (χ4n) is 2.68. The highest BCUT2D eigenvalue weighted by Gasteiger charge is 2.13. The Kier molecular flexibility index (Phi) is 2.87. The maximum atomic E-state index is 11.9. The first-order chi connectivity index (χ1) is 11.2. The molecule has 0 aliphatic carbocycles. The van der Waals surface area contributed by atoms with Gasteiger partial charge >= 0.3 is 0 Å². The average molecular weight is 307 g/mol. The Morgan fingerprint density at radius 2 is 2.13 bits per heavy atom. The van der Waals surface area contributed by atoms with Crippen molar-refractivity contribution in [3.05, 3.63) is 47.3 Å². The molecule has 4 heterocycles. The van der Waals surface area contributed by atoms with Crippen LogP contribution < -0.4 is 10.3 Å². The molecule has 4 rings (SSSR count). The minimum atomic E-state index is -0.253. The summed E-state index contributed by atoms with van der Waals surface area (Å²) < 4.78 is 7.17. The predicted molar refractivity (Wildman–Crippen MR) is 86.4 cm³/mol. The van der Waals surface area contributed by atoms with Gasteiger partial charge in [-0.25, -0.2) is 15.0 Å². The van der Waals surface area contributed by atoms with Crippen LogP contribution in [-0.4, -0.2) is 31.6 Å². The fraction of sp³-hybridized carbons (Fsp3) is 0.125. The van der Waals surface area contributed by atoms with E-state index in [0.29, 0.717) is 22.6 Å². The molecule has 0 radical (unpaired) electrons. The Labute approximate surface area is 130 Å². The number of rotatable bonds is 2. The van der Waals surface area contributed by atoms with Crippen molar-refractivity contribution < 1.29 is 4.74 Å². The van der Waals surface area contributed by atoms with Gasteiger partial charge in [0.05, 0.1) is 36.4 Å². The minimum absolute atomic E-state index is 0.253. The molecule has 23 heavy (non-hydrogen) atoms. The van der Waals surface area contributed by atoms with Crippen LogP contribution >= 0.6 is 0 Å². The Balaban J connectivity index is 2.02. The molecular formula is C16H13N5O2. The molecule has 7 heteroatoms. The lowest BCUT2D eigenvalue weighted by molar-refractivity contribution is 0.398. The van der Waals surface area contributed by atoms with Crippen LogP contribution in [-0.2, 0) is 7.05 Å². The van der Waals surface area contributed by atoms with E-state index < -0.39 is 0 Å². The van der Waals surface area contributed by atoms with E-state index in [4.69, 9.17) is 4.74 Å². The molecule has 4 aromatic rings. The van der Waals surface area contributed by atoms with Crippen LogP contribution in [0.1, 0.15) is 0 Å². The van der Waals surface area contributed by atoms with Crippen molar-refractivity contribution in [3.8, 4) is 17.1 Å². The first-order valence-corrected chi connectivity index (χ1v) is 7.01. The summed E-state index contributed by atoms with van der Waals surface area (Å²) in [6.07, 6.45) is 5.10. The molecule has 0 unspecified atom stereocenters. The molecule has 0 saturated heterocycles. The van der Waals surface area contributed by atoms with Crippen molar-refractivity contribution in [1.82, 2.24) is 24.5 Å². The van der Waals surface area contributed by atoms with Crippen LogP contribution in [0.5, 0.6) is 5.88 Å². The molecule has 114 valence electrons. The number of aryl methyl sites for hydroxylation is 1. The SMILES string of the molecule is COc1cc2c(-c3ccc4nc[nH]c(=O)c4n3)cn(C)c2cn1. The van der Waals surface area contributed by atoms with Gasteiger partial charge < -0.3 is 14.3 Å². The summed E-state index contributed by atoms with van der Waals surface area (Å²) in [5.41, 5.74) is 3.21. The largest absolute Gasteiger partial charge is 0.481 e. The number of hydrogen-bond acceptors (Lipinski definition) is 5. The lowest BCUT2D eigenvalue weighted by Gasteiger charge is -2.02. The number of pyridine rings is 2. The van der Waals surface area contributed by atoms with Gasteiger partial charge in [0.2, 0.25) is 5.88 Å². The topological polar surface area (TPSA) is 85.7 Å². The van der Waals surface area contributed by atoms with E-state index >= 15 is 0 Å². The van der Waals surface area contributed by atoms with E-state index in [0.717, 1.165) is 16.5 Å². The molecule has 0 saturated carbocycles. The van der Waals surface area contributed by atoms with Gasteiger partial charge in [0.15, 0.2) is 5.52 Å². The fourth-order valence-corrected chi connectivity index (χ4v) is 2.68. The minimum Gasteiger partial charge on any atom is -0.481 e. The summed E-state index contributed by atoms with van der Waals surface area (Å²) in [5.74, 6) is 0.533. The molecule has 7 nitrogen and oxygen atoms in total. The summed E-state index contributed by atoms with van der Waals surface area (Å²) in [6, 6.07) is 5.52. The summed E-state index contributed by atoms with van der Waals surface area (Å²) in [7, 11) is 3.52. The number of nitrogens with zero attached hydrogens (tertiary/aromatic N) is 4. The van der Waals surface area contributed by atoms with E-state index in [-0.39, 0.29) is 5.56 Å². The maximum absolute atomic E-state index is 11.9. The Bertz CT molecular complexity index is 1100. The van der Waals surface area contributed by atoms with Gasteiger partial charge in [0.25, 0.3) is 5.56 Å². The van der Waals surface area contributed by atoms with Crippen molar-refractivity contribution in [2.75, 3.05) is 7.11 Å². The molecular weight excluding hydrogens is 294 g/mol. The van der Waals surface area contributed by atoms with Crippen LogP contribution in [0.3, 0.4) is 0 Å². The zero-order chi connectivity index (χ0) is 16.0. The smallest absolute Gasteiger partial charge is 0.277 e. The number of aromatic nitrogens is 5. The number of hydrogen-bond donors (Lipinski definition) is 1. The van der Waals surface area contributed by atoms with Gasteiger partial charge in [0, 0.05) is 30.3 Å². The third kappa shape index (κ3) is 2.05. The van der Waals surface area contributed by atoms with Gasteiger partial charge in [-0.2, -0.15) is 0 Å². The highest BCUT2D eigenvalue weighted by Crippen LogP contribution is 2.31. The molecule has 0 atom stereocenters. The van der Waals surface area contributed by atoms with Crippen LogP contribution in [0.15, 0.2) is 41.7 Å². The molecule has 0 spiro atoms. The lowest BCUT2D eigenvalue weighted by Crippen LogP contribution is -2.08. The van der Waals surface area contributed by atoms with Gasteiger partial charge in [-0.15, -0.1) is 0 Å². The molecule has 0 amide bonds. The van der Waals surface area contributed by atoms with E-state index in [1.165, 1.54) is 6.33 Å². The van der Waals surface area contributed by atoms with E-state index in [1.807, 2.05) is 29.9 Å². The van der Waals surface area contributed by atoms with Gasteiger partial charge in [-0.05, 0) is 12.1 Å². The highest BCUT2D eigenvalue weighted by molar-refractivity contribution is 5.96. The second kappa shape index (κ2) is 4.91. The monoisotopic (exact) mass is 307 g/mol. The number of ether oxygens (including phenoxy) is 1. The molecule has 0 aliphatic rings. The Morgan fingerprint density at radius 1 is 1.26 bits per heavy atom. The number of H-pyrrole nitrogens is 1. The zero-order valence-corrected chi connectivity index (χ0v) is 12.6. The molecule has 0 bridgehead atoms. The van der Waals surface area contributed by atoms with Gasteiger partial charge in [-0.3, -0.25) is 4.79 Å². The number of aromatic amines is 1. The quantitative estimate of drug-likeness (QED) is 0.611. The molecule has 0 aromatic carbocycles. The zero-order valence-electron chi connectivity index (χ0n) is 12.6. The van der Waals surface area contributed by atoms with Crippen molar-refractivity contribution in [3.63, 3.8) is 0 Å².